The lowest BCUT2D eigenvalue weighted by Gasteiger charge is -2.08. The third-order valence-corrected chi connectivity index (χ3v) is 6.06. The number of pyridine rings is 1. The van der Waals surface area contributed by atoms with E-state index < -0.39 is 0 Å². The van der Waals surface area contributed by atoms with Crippen LogP contribution in [0.1, 0.15) is 0 Å². The van der Waals surface area contributed by atoms with Crippen LogP contribution in [0.5, 0.6) is 0 Å². The molecule has 0 aliphatic heterocycles. The molecule has 0 bridgehead atoms. The van der Waals surface area contributed by atoms with E-state index in [2.05, 4.69) is 46.5 Å². The zero-order valence-corrected chi connectivity index (χ0v) is 18.2. The highest BCUT2D eigenvalue weighted by Crippen LogP contribution is 2.29. The van der Waals surface area contributed by atoms with Crippen LogP contribution in [0.2, 0.25) is 0 Å². The minimum atomic E-state index is 0.442. The molecular formula is C30H20N2O2. The molecule has 0 aliphatic carbocycles. The molecule has 0 aliphatic rings. The van der Waals surface area contributed by atoms with Crippen molar-refractivity contribution in [2.75, 3.05) is 0 Å². The molecule has 6 rings (SSSR count). The van der Waals surface area contributed by atoms with Gasteiger partial charge in [-0.05, 0) is 45.8 Å². The Morgan fingerprint density at radius 3 is 2.03 bits per heavy atom. The molecule has 2 aromatic heterocycles. The predicted molar refractivity (Wildman–Crippen MR) is 135 cm³/mol. The Morgan fingerprint density at radius 2 is 1.26 bits per heavy atom. The van der Waals surface area contributed by atoms with E-state index in [0.717, 1.165) is 27.3 Å². The van der Waals surface area contributed by atoms with E-state index in [1.165, 1.54) is 11.1 Å². The molecule has 4 heteroatoms. The van der Waals surface area contributed by atoms with E-state index >= 15 is 0 Å². The highest BCUT2D eigenvalue weighted by atomic mass is 16.4. The Labute approximate surface area is 196 Å². The molecule has 0 unspecified atom stereocenters. The van der Waals surface area contributed by atoms with Crippen molar-refractivity contribution in [1.82, 2.24) is 4.98 Å². The Bertz CT molecular complexity index is 1700. The summed E-state index contributed by atoms with van der Waals surface area (Å²) in [6, 6.07) is 36.4. The number of benzene rings is 4. The molecular weight excluding hydrogens is 420 g/mol. The molecule has 0 saturated heterocycles. The lowest BCUT2D eigenvalue weighted by atomic mass is 9.99. The van der Waals surface area contributed by atoms with Gasteiger partial charge < -0.3 is 9.62 Å². The molecule has 34 heavy (non-hydrogen) atoms. The van der Waals surface area contributed by atoms with Crippen molar-refractivity contribution in [3.8, 4) is 33.7 Å². The largest absolute Gasteiger partial charge is 0.454 e. The predicted octanol–water partition coefficient (Wildman–Crippen LogP) is 7.27. The fourth-order valence-electron chi connectivity index (χ4n) is 4.26. The van der Waals surface area contributed by atoms with E-state index in [-0.39, 0.29) is 0 Å². The number of hydrogen-bond donors (Lipinski definition) is 1. The van der Waals surface area contributed by atoms with Gasteiger partial charge in [0.2, 0.25) is 0 Å². The van der Waals surface area contributed by atoms with Gasteiger partial charge in [0.15, 0.2) is 5.76 Å². The summed E-state index contributed by atoms with van der Waals surface area (Å²) < 4.78 is 6.26. The summed E-state index contributed by atoms with van der Waals surface area (Å²) in [4.78, 5) is 4.56. The highest BCUT2D eigenvalue weighted by Gasteiger charge is 2.10. The molecule has 6 aromatic rings. The summed E-state index contributed by atoms with van der Waals surface area (Å²) in [6.45, 7) is 0. The fourth-order valence-corrected chi connectivity index (χ4v) is 4.26. The van der Waals surface area contributed by atoms with Crippen LogP contribution in [-0.2, 0) is 0 Å². The number of fused-ring (bicyclic) bond motifs is 2. The SMILES string of the molecule is ON=c1cc(-c2cc3ccccc3cn2)oc2cc(-c3ccc(-c4ccccc4)cc3)ccc12. The molecule has 0 atom stereocenters. The number of aromatic nitrogens is 1. The van der Waals surface area contributed by atoms with E-state index in [0.29, 0.717) is 22.4 Å². The maximum atomic E-state index is 9.67. The van der Waals surface area contributed by atoms with Gasteiger partial charge in [-0.1, -0.05) is 90.1 Å². The Hall–Kier alpha value is -4.70. The lowest BCUT2D eigenvalue weighted by Crippen LogP contribution is -2.03. The first kappa shape index (κ1) is 19.9. The molecule has 0 saturated carbocycles. The average Bonchev–Trinajstić information content (AvgIpc) is 2.92. The van der Waals surface area contributed by atoms with Gasteiger partial charge in [0.05, 0.1) is 0 Å². The van der Waals surface area contributed by atoms with Crippen LogP contribution in [0, 0.1) is 0 Å². The molecule has 1 N–H and O–H groups in total. The summed E-state index contributed by atoms with van der Waals surface area (Å²) in [5.74, 6) is 0.544. The van der Waals surface area contributed by atoms with Gasteiger partial charge >= 0.3 is 0 Å². The molecule has 0 spiro atoms. The van der Waals surface area contributed by atoms with Crippen LogP contribution in [-0.4, -0.2) is 10.2 Å². The zero-order valence-electron chi connectivity index (χ0n) is 18.2. The van der Waals surface area contributed by atoms with Crippen molar-refractivity contribution in [2.45, 2.75) is 0 Å². The highest BCUT2D eigenvalue weighted by molar-refractivity contribution is 5.87. The van der Waals surface area contributed by atoms with Crippen LogP contribution < -0.4 is 5.36 Å². The summed E-state index contributed by atoms with van der Waals surface area (Å²) >= 11 is 0. The number of hydrogen-bond acceptors (Lipinski definition) is 4. The summed E-state index contributed by atoms with van der Waals surface area (Å²) in [5.41, 5.74) is 5.76. The average molecular weight is 441 g/mol. The van der Waals surface area contributed by atoms with Crippen LogP contribution in [0.4, 0.5) is 0 Å². The quantitative estimate of drug-likeness (QED) is 0.232. The van der Waals surface area contributed by atoms with Crippen molar-refractivity contribution >= 4 is 21.7 Å². The van der Waals surface area contributed by atoms with Crippen molar-refractivity contribution in [2.24, 2.45) is 5.16 Å². The molecule has 4 nitrogen and oxygen atoms in total. The van der Waals surface area contributed by atoms with Gasteiger partial charge in [0, 0.05) is 23.0 Å². The first-order chi connectivity index (χ1) is 16.8. The van der Waals surface area contributed by atoms with Crippen molar-refractivity contribution in [3.05, 3.63) is 121 Å². The molecule has 162 valence electrons. The molecule has 2 heterocycles. The van der Waals surface area contributed by atoms with Crippen molar-refractivity contribution < 1.29 is 9.62 Å². The summed E-state index contributed by atoms with van der Waals surface area (Å²) in [5, 5.41) is 16.5. The van der Waals surface area contributed by atoms with Gasteiger partial charge in [-0.25, -0.2) is 0 Å². The van der Waals surface area contributed by atoms with Gasteiger partial charge in [0.25, 0.3) is 0 Å². The number of rotatable bonds is 3. The van der Waals surface area contributed by atoms with Crippen LogP contribution in [0.15, 0.2) is 125 Å². The van der Waals surface area contributed by atoms with Crippen LogP contribution in [0.3, 0.4) is 0 Å². The minimum absolute atomic E-state index is 0.442. The first-order valence-electron chi connectivity index (χ1n) is 11.1. The summed E-state index contributed by atoms with van der Waals surface area (Å²) in [6.07, 6.45) is 1.82. The number of nitrogens with zero attached hydrogens (tertiary/aromatic N) is 2. The van der Waals surface area contributed by atoms with E-state index in [1.54, 1.807) is 6.07 Å². The first-order valence-corrected chi connectivity index (χ1v) is 11.1. The minimum Gasteiger partial charge on any atom is -0.454 e. The van der Waals surface area contributed by atoms with E-state index in [9.17, 15) is 5.21 Å². The second kappa shape index (κ2) is 8.34. The zero-order chi connectivity index (χ0) is 22.9. The van der Waals surface area contributed by atoms with Gasteiger partial charge in [-0.15, -0.1) is 0 Å². The molecule has 0 fully saturated rings. The Morgan fingerprint density at radius 1 is 0.618 bits per heavy atom. The van der Waals surface area contributed by atoms with E-state index in [1.807, 2.05) is 72.9 Å². The topological polar surface area (TPSA) is 58.6 Å². The lowest BCUT2D eigenvalue weighted by molar-refractivity contribution is 0.302. The summed E-state index contributed by atoms with van der Waals surface area (Å²) in [7, 11) is 0. The smallest absolute Gasteiger partial charge is 0.155 e. The van der Waals surface area contributed by atoms with Crippen molar-refractivity contribution in [1.29, 1.82) is 0 Å². The molecule has 0 amide bonds. The maximum Gasteiger partial charge on any atom is 0.155 e. The molecule has 0 radical (unpaired) electrons. The standard InChI is InChI=1S/C30H20N2O2/c33-32-27-18-30(28-16-23-8-4-5-9-25(23)19-31-28)34-29-17-24(14-15-26(27)29)22-12-10-21(11-13-22)20-6-2-1-3-7-20/h1-19,33H. The molecule has 4 aromatic carbocycles. The third-order valence-electron chi connectivity index (χ3n) is 6.06. The Kier molecular flexibility index (Phi) is 4.89. The maximum absolute atomic E-state index is 9.67. The Balaban J connectivity index is 1.44. The normalized spacial score (nSPS) is 11.8. The van der Waals surface area contributed by atoms with Crippen molar-refractivity contribution in [3.63, 3.8) is 0 Å². The second-order valence-electron chi connectivity index (χ2n) is 8.17. The monoisotopic (exact) mass is 440 g/mol. The second-order valence-corrected chi connectivity index (χ2v) is 8.17. The fraction of sp³-hybridized carbons (Fsp3) is 0. The van der Waals surface area contributed by atoms with E-state index in [4.69, 9.17) is 4.42 Å². The third kappa shape index (κ3) is 3.61. The van der Waals surface area contributed by atoms with Gasteiger partial charge in [-0.2, -0.15) is 0 Å². The van der Waals surface area contributed by atoms with Crippen LogP contribution in [0.25, 0.3) is 55.4 Å². The van der Waals surface area contributed by atoms with Gasteiger partial charge in [-0.3, -0.25) is 4.98 Å². The van der Waals surface area contributed by atoms with Crippen LogP contribution >= 0.6 is 0 Å². The van der Waals surface area contributed by atoms with Gasteiger partial charge in [0.1, 0.15) is 16.6 Å².